The number of carbonyl (C=O) groups is 1. The molecule has 3 aromatic rings. The quantitative estimate of drug-likeness (QED) is 0.570. The monoisotopic (exact) mass is 405 g/mol. The van der Waals surface area contributed by atoms with E-state index in [1.165, 1.54) is 6.92 Å². The lowest BCUT2D eigenvalue weighted by Gasteiger charge is -2.18. The summed E-state index contributed by atoms with van der Waals surface area (Å²) in [6.07, 6.45) is 0. The van der Waals surface area contributed by atoms with E-state index in [9.17, 15) is 9.18 Å². The van der Waals surface area contributed by atoms with Crippen LogP contribution in [0.3, 0.4) is 0 Å². The van der Waals surface area contributed by atoms with Crippen LogP contribution in [-0.2, 0) is 4.79 Å². The van der Waals surface area contributed by atoms with Crippen LogP contribution in [0.25, 0.3) is 11.1 Å². The van der Waals surface area contributed by atoms with E-state index in [0.29, 0.717) is 23.6 Å². The van der Waals surface area contributed by atoms with E-state index in [1.807, 2.05) is 49.4 Å². The van der Waals surface area contributed by atoms with E-state index >= 15 is 0 Å². The van der Waals surface area contributed by atoms with Crippen LogP contribution in [-0.4, -0.2) is 18.1 Å². The van der Waals surface area contributed by atoms with Gasteiger partial charge in [-0.1, -0.05) is 49.4 Å². The van der Waals surface area contributed by atoms with E-state index < -0.39 is 5.54 Å². The van der Waals surface area contributed by atoms with Crippen molar-refractivity contribution < 1.29 is 13.9 Å². The second kappa shape index (κ2) is 9.09. The Labute approximate surface area is 176 Å². The van der Waals surface area contributed by atoms with E-state index in [4.69, 9.17) is 10.5 Å². The molecule has 3 aromatic carbocycles. The van der Waals surface area contributed by atoms with Crippen LogP contribution >= 0.6 is 0 Å². The second-order valence-electron chi connectivity index (χ2n) is 7.71. The van der Waals surface area contributed by atoms with Crippen LogP contribution in [0.2, 0.25) is 0 Å². The fraction of sp³-hybridized carbons (Fsp3) is 0.200. The molecule has 0 saturated heterocycles. The minimum Gasteiger partial charge on any atom is -0.493 e. The summed E-state index contributed by atoms with van der Waals surface area (Å²) >= 11 is 0. The number of carbonyl (C=O) groups excluding carboxylic acids is 1. The number of benzene rings is 3. The number of anilines is 1. The molecule has 4 nitrogen and oxygen atoms in total. The molecule has 0 bridgehead atoms. The lowest BCUT2D eigenvalue weighted by atomic mass is 9.97. The zero-order valence-corrected chi connectivity index (χ0v) is 17.2. The molecule has 30 heavy (non-hydrogen) atoms. The zero-order chi connectivity index (χ0) is 21.7. The maximum atomic E-state index is 14.6. The van der Waals surface area contributed by atoms with Gasteiger partial charge in [0, 0.05) is 17.2 Å². The molecule has 1 radical (unpaired) electrons. The predicted molar refractivity (Wildman–Crippen MR) is 119 cm³/mol. The molecule has 0 aliphatic heterocycles. The van der Waals surface area contributed by atoms with Crippen molar-refractivity contribution in [1.82, 2.24) is 0 Å². The first-order chi connectivity index (χ1) is 14.2. The Morgan fingerprint density at radius 1 is 1.13 bits per heavy atom. The van der Waals surface area contributed by atoms with Crippen LogP contribution < -0.4 is 15.8 Å². The van der Waals surface area contributed by atoms with Gasteiger partial charge in [0.2, 0.25) is 5.91 Å². The average Bonchev–Trinajstić information content (AvgIpc) is 2.73. The summed E-state index contributed by atoms with van der Waals surface area (Å²) in [5, 5.41) is 2.70. The summed E-state index contributed by atoms with van der Waals surface area (Å²) in [5.74, 6) is 0.0490. The molecule has 3 N–H and O–H groups in total. The molecule has 5 heteroatoms. The second-order valence-corrected chi connectivity index (χ2v) is 7.71. The van der Waals surface area contributed by atoms with Gasteiger partial charge in [-0.15, -0.1) is 0 Å². The highest BCUT2D eigenvalue weighted by Gasteiger charge is 2.21. The van der Waals surface area contributed by atoms with Gasteiger partial charge in [-0.2, -0.15) is 0 Å². The van der Waals surface area contributed by atoms with Gasteiger partial charge < -0.3 is 15.8 Å². The van der Waals surface area contributed by atoms with Gasteiger partial charge >= 0.3 is 0 Å². The summed E-state index contributed by atoms with van der Waals surface area (Å²) < 4.78 is 20.4. The smallest absolute Gasteiger partial charge is 0.244 e. The summed E-state index contributed by atoms with van der Waals surface area (Å²) in [6, 6.07) is 21.8. The van der Waals surface area contributed by atoms with Crippen molar-refractivity contribution in [3.8, 4) is 16.9 Å². The van der Waals surface area contributed by atoms with Crippen molar-refractivity contribution >= 4 is 11.6 Å². The maximum Gasteiger partial charge on any atom is 0.244 e. The lowest BCUT2D eigenvalue weighted by Crippen LogP contribution is -2.45. The number of hydrogen-bond acceptors (Lipinski definition) is 3. The Hall–Kier alpha value is -3.18. The normalized spacial score (nSPS) is 12.3. The van der Waals surface area contributed by atoms with Gasteiger partial charge in [0.15, 0.2) is 0 Å². The molecule has 0 aliphatic carbocycles. The van der Waals surface area contributed by atoms with E-state index in [1.54, 1.807) is 30.3 Å². The van der Waals surface area contributed by atoms with Crippen LogP contribution in [0.5, 0.6) is 5.75 Å². The molecule has 0 aliphatic rings. The fourth-order valence-corrected chi connectivity index (χ4v) is 2.92. The first kappa shape index (κ1) is 21.5. The van der Waals surface area contributed by atoms with E-state index in [-0.39, 0.29) is 17.6 Å². The van der Waals surface area contributed by atoms with Gasteiger partial charge in [-0.3, -0.25) is 4.79 Å². The number of rotatable bonds is 7. The minimum absolute atomic E-state index is 0.00724. The predicted octanol–water partition coefficient (Wildman–Crippen LogP) is 5.17. The highest BCUT2D eigenvalue weighted by molar-refractivity contribution is 5.98. The standard InChI is InChI=1S/C25H26FN2O2/c1-17(19-9-14-22(23(26)15-19)18-7-5-4-6-8-18)16-30-21-12-10-20(11-13-21)28-24(29)25(2,3)27/h4-15,17H,2,16,27H2,1,3H3,(H,28,29)/t17-,25?/m1/s1. The van der Waals surface area contributed by atoms with E-state index in [0.717, 1.165) is 11.1 Å². The molecule has 0 heterocycles. The number of amides is 1. The van der Waals surface area contributed by atoms with Gasteiger partial charge in [0.1, 0.15) is 11.6 Å². The van der Waals surface area contributed by atoms with Crippen molar-refractivity contribution in [2.45, 2.75) is 25.3 Å². The first-order valence-corrected chi connectivity index (χ1v) is 9.77. The molecule has 0 fully saturated rings. The highest BCUT2D eigenvalue weighted by atomic mass is 19.1. The topological polar surface area (TPSA) is 64.4 Å². The Morgan fingerprint density at radius 2 is 1.80 bits per heavy atom. The Bertz CT molecular complexity index is 996. The Morgan fingerprint density at radius 3 is 2.40 bits per heavy atom. The minimum atomic E-state index is -1.20. The van der Waals surface area contributed by atoms with Crippen LogP contribution in [0.1, 0.15) is 25.3 Å². The molecular formula is C25H26FN2O2. The van der Waals surface area contributed by atoms with E-state index in [2.05, 4.69) is 12.2 Å². The average molecular weight is 405 g/mol. The molecule has 1 unspecified atom stereocenters. The number of hydrogen-bond donors (Lipinski definition) is 2. The molecule has 0 saturated carbocycles. The van der Waals surface area contributed by atoms with Gasteiger partial charge in [0.25, 0.3) is 0 Å². The van der Waals surface area contributed by atoms with Crippen molar-refractivity contribution in [3.05, 3.63) is 91.1 Å². The van der Waals surface area contributed by atoms with Crippen molar-refractivity contribution in [1.29, 1.82) is 0 Å². The molecule has 1 amide bonds. The van der Waals surface area contributed by atoms with Crippen molar-refractivity contribution in [3.63, 3.8) is 0 Å². The lowest BCUT2D eigenvalue weighted by molar-refractivity contribution is -0.119. The Kier molecular flexibility index (Phi) is 6.53. The first-order valence-electron chi connectivity index (χ1n) is 9.77. The van der Waals surface area contributed by atoms with Crippen LogP contribution in [0.4, 0.5) is 10.1 Å². The van der Waals surface area contributed by atoms with Crippen LogP contribution in [0.15, 0.2) is 72.8 Å². The number of ether oxygens (including phenoxy) is 1. The summed E-state index contributed by atoms with van der Waals surface area (Å²) in [7, 11) is 0. The highest BCUT2D eigenvalue weighted by Crippen LogP contribution is 2.27. The SMILES string of the molecule is [CH2]C(C)(N)C(=O)Nc1ccc(OC[C@@H](C)c2ccc(-c3ccccc3)c(F)c2)cc1. The molecule has 0 aromatic heterocycles. The third-order valence-corrected chi connectivity index (χ3v) is 4.78. The Balaban J connectivity index is 1.60. The summed E-state index contributed by atoms with van der Waals surface area (Å²) in [5.41, 5.74) is 7.39. The molecular weight excluding hydrogens is 379 g/mol. The van der Waals surface area contributed by atoms with Crippen LogP contribution in [0, 0.1) is 12.7 Å². The maximum absolute atomic E-state index is 14.6. The summed E-state index contributed by atoms with van der Waals surface area (Å²) in [6.45, 7) is 7.53. The number of halogens is 1. The fourth-order valence-electron chi connectivity index (χ4n) is 2.92. The summed E-state index contributed by atoms with van der Waals surface area (Å²) in [4.78, 5) is 11.9. The van der Waals surface area contributed by atoms with Gasteiger partial charge in [-0.05, 0) is 55.3 Å². The third-order valence-electron chi connectivity index (χ3n) is 4.78. The van der Waals surface area contributed by atoms with Gasteiger partial charge in [0.05, 0.1) is 12.1 Å². The van der Waals surface area contributed by atoms with Crippen molar-refractivity contribution in [2.75, 3.05) is 11.9 Å². The zero-order valence-electron chi connectivity index (χ0n) is 17.2. The number of nitrogens with one attached hydrogen (secondary N) is 1. The molecule has 3 rings (SSSR count). The number of nitrogens with two attached hydrogens (primary N) is 1. The molecule has 2 atom stereocenters. The van der Waals surface area contributed by atoms with Crippen molar-refractivity contribution in [2.24, 2.45) is 5.73 Å². The largest absolute Gasteiger partial charge is 0.493 e. The van der Waals surface area contributed by atoms with Gasteiger partial charge in [-0.25, -0.2) is 4.39 Å². The third kappa shape index (κ3) is 5.45. The molecule has 155 valence electrons. The molecule has 0 spiro atoms.